The standard InChI is InChI=1S/C30H30ClN3O/c1-18(2)21-8-10-22(11-9-21)29-33-28-26(34(29)17-20-6-12-23(31)13-7-20)15-14-24-19(3)27(35)25(32-5)16-30(24,28)4/h6-13,16,18-19,24H,14-15,17H2,1-4H3/t19-,24-,30-/m1/s1. The van der Waals surface area contributed by atoms with Crippen molar-refractivity contribution in [3.8, 4) is 11.4 Å². The molecule has 1 aromatic heterocycles. The lowest BCUT2D eigenvalue weighted by molar-refractivity contribution is -0.121. The van der Waals surface area contributed by atoms with Gasteiger partial charge in [-0.25, -0.2) is 9.83 Å². The normalized spacial score (nSPS) is 23.5. The Labute approximate surface area is 212 Å². The second-order valence-corrected chi connectivity index (χ2v) is 10.9. The summed E-state index contributed by atoms with van der Waals surface area (Å²) in [6.07, 6.45) is 3.66. The van der Waals surface area contributed by atoms with E-state index >= 15 is 0 Å². The van der Waals surface area contributed by atoms with Crippen LogP contribution in [0, 0.1) is 18.4 Å². The van der Waals surface area contributed by atoms with Gasteiger partial charge in [0.05, 0.1) is 12.3 Å². The van der Waals surface area contributed by atoms with Crippen molar-refractivity contribution in [2.24, 2.45) is 11.8 Å². The smallest absolute Gasteiger partial charge is 0.226 e. The van der Waals surface area contributed by atoms with Gasteiger partial charge in [-0.3, -0.25) is 0 Å². The van der Waals surface area contributed by atoms with Crippen molar-refractivity contribution in [2.45, 2.75) is 58.4 Å². The quantitative estimate of drug-likeness (QED) is 0.367. The Morgan fingerprint density at radius 1 is 1.17 bits per heavy atom. The topological polar surface area (TPSA) is 39.2 Å². The van der Waals surface area contributed by atoms with Crippen LogP contribution in [-0.2, 0) is 23.2 Å². The minimum Gasteiger partial charge on any atom is -0.323 e. The van der Waals surface area contributed by atoms with Crippen LogP contribution in [0.3, 0.4) is 0 Å². The van der Waals surface area contributed by atoms with Gasteiger partial charge in [-0.1, -0.05) is 81.8 Å². The van der Waals surface area contributed by atoms with Gasteiger partial charge in [-0.05, 0) is 47.9 Å². The number of fused-ring (bicyclic) bond motifs is 3. The molecule has 0 amide bonds. The Kier molecular flexibility index (Phi) is 5.93. The second kappa shape index (κ2) is 8.81. The molecule has 0 bridgehead atoms. The number of Topliss-reactive ketones (excluding diaryl/α,β-unsaturated/α-hetero) is 1. The van der Waals surface area contributed by atoms with Crippen LogP contribution in [0.5, 0.6) is 0 Å². The van der Waals surface area contributed by atoms with E-state index in [1.165, 1.54) is 11.3 Å². The molecule has 1 heterocycles. The maximum Gasteiger partial charge on any atom is 0.226 e. The Morgan fingerprint density at radius 2 is 1.86 bits per heavy atom. The molecule has 3 atom stereocenters. The van der Waals surface area contributed by atoms with Gasteiger partial charge in [0.1, 0.15) is 5.82 Å². The first-order valence-corrected chi connectivity index (χ1v) is 12.7. The third-order valence-corrected chi connectivity index (χ3v) is 8.21. The van der Waals surface area contributed by atoms with E-state index < -0.39 is 5.41 Å². The lowest BCUT2D eigenvalue weighted by Gasteiger charge is -2.44. The highest BCUT2D eigenvalue weighted by Crippen LogP contribution is 2.50. The molecule has 2 aromatic carbocycles. The Morgan fingerprint density at radius 3 is 2.49 bits per heavy atom. The van der Waals surface area contributed by atoms with Crippen molar-refractivity contribution in [3.63, 3.8) is 0 Å². The zero-order chi connectivity index (χ0) is 24.9. The lowest BCUT2D eigenvalue weighted by atomic mass is 9.59. The van der Waals surface area contributed by atoms with Crippen LogP contribution in [0.1, 0.15) is 62.5 Å². The monoisotopic (exact) mass is 483 g/mol. The summed E-state index contributed by atoms with van der Waals surface area (Å²) in [4.78, 5) is 21.7. The summed E-state index contributed by atoms with van der Waals surface area (Å²) in [5.74, 6) is 1.32. The largest absolute Gasteiger partial charge is 0.323 e. The zero-order valence-corrected chi connectivity index (χ0v) is 21.4. The number of benzene rings is 2. The van der Waals surface area contributed by atoms with Crippen molar-refractivity contribution < 1.29 is 4.79 Å². The van der Waals surface area contributed by atoms with Crippen LogP contribution in [0.4, 0.5) is 0 Å². The minimum atomic E-state index is -0.446. The first-order valence-electron chi connectivity index (χ1n) is 12.3. The van der Waals surface area contributed by atoms with Gasteiger partial charge in [-0.15, -0.1) is 0 Å². The number of ketones is 1. The number of aromatic nitrogens is 2. The molecular formula is C30H30ClN3O. The number of carbonyl (C=O) groups is 1. The highest BCUT2D eigenvalue weighted by molar-refractivity contribution is 6.30. The van der Waals surface area contributed by atoms with E-state index in [-0.39, 0.29) is 23.3 Å². The molecule has 0 saturated carbocycles. The molecule has 2 aliphatic rings. The maximum absolute atomic E-state index is 12.8. The molecule has 0 fully saturated rings. The van der Waals surface area contributed by atoms with E-state index in [0.29, 0.717) is 12.5 Å². The number of hydrogen-bond acceptors (Lipinski definition) is 2. The molecule has 0 N–H and O–H groups in total. The summed E-state index contributed by atoms with van der Waals surface area (Å²) in [6, 6.07) is 16.7. The van der Waals surface area contributed by atoms with Crippen molar-refractivity contribution in [3.05, 3.63) is 99.3 Å². The first kappa shape index (κ1) is 23.6. The zero-order valence-electron chi connectivity index (χ0n) is 20.7. The summed E-state index contributed by atoms with van der Waals surface area (Å²) < 4.78 is 2.33. The molecule has 4 nitrogen and oxygen atoms in total. The summed E-state index contributed by atoms with van der Waals surface area (Å²) in [5.41, 5.74) is 5.54. The van der Waals surface area contributed by atoms with Gasteiger partial charge in [-0.2, -0.15) is 0 Å². The van der Waals surface area contributed by atoms with Crippen molar-refractivity contribution >= 4 is 17.4 Å². The third kappa shape index (κ3) is 3.93. The number of hydrogen-bond donors (Lipinski definition) is 0. The van der Waals surface area contributed by atoms with Crippen LogP contribution in [-0.4, -0.2) is 15.3 Å². The van der Waals surface area contributed by atoms with E-state index in [4.69, 9.17) is 23.2 Å². The van der Waals surface area contributed by atoms with Crippen LogP contribution < -0.4 is 0 Å². The Balaban J connectivity index is 1.69. The number of nitrogens with zero attached hydrogens (tertiary/aromatic N) is 3. The molecule has 0 radical (unpaired) electrons. The fraction of sp³-hybridized carbons (Fsp3) is 0.367. The van der Waals surface area contributed by atoms with E-state index in [1.54, 1.807) is 0 Å². The molecule has 0 saturated heterocycles. The predicted molar refractivity (Wildman–Crippen MR) is 140 cm³/mol. The molecular weight excluding hydrogens is 454 g/mol. The Bertz CT molecular complexity index is 1360. The van der Waals surface area contributed by atoms with Crippen molar-refractivity contribution in [1.82, 2.24) is 9.55 Å². The minimum absolute atomic E-state index is 0.0315. The van der Waals surface area contributed by atoms with E-state index in [2.05, 4.69) is 66.6 Å². The van der Waals surface area contributed by atoms with Crippen LogP contribution >= 0.6 is 11.6 Å². The first-order chi connectivity index (χ1) is 16.7. The average Bonchev–Trinajstić information content (AvgIpc) is 3.22. The molecule has 0 spiro atoms. The van der Waals surface area contributed by atoms with E-state index in [0.717, 1.165) is 40.5 Å². The van der Waals surface area contributed by atoms with Crippen molar-refractivity contribution in [2.75, 3.05) is 0 Å². The van der Waals surface area contributed by atoms with E-state index in [9.17, 15) is 4.79 Å². The molecule has 2 aliphatic carbocycles. The van der Waals surface area contributed by atoms with Crippen LogP contribution in [0.25, 0.3) is 16.2 Å². The van der Waals surface area contributed by atoms with Crippen LogP contribution in [0.2, 0.25) is 5.02 Å². The molecule has 0 aliphatic heterocycles. The fourth-order valence-corrected chi connectivity index (χ4v) is 6.05. The number of rotatable bonds is 4. The number of allylic oxidation sites excluding steroid dienone is 2. The molecule has 5 rings (SSSR count). The lowest BCUT2D eigenvalue weighted by Crippen LogP contribution is -2.45. The summed E-state index contributed by atoms with van der Waals surface area (Å²) in [6.45, 7) is 16.8. The Hall–Kier alpha value is -3.16. The predicted octanol–water partition coefficient (Wildman–Crippen LogP) is 7.22. The maximum atomic E-state index is 12.8. The number of imidazole rings is 1. The SMILES string of the molecule is [C-]#[N+]C1=C[C@@]2(C)c3nc(-c4ccc(C(C)C)cc4)n(Cc4ccc(Cl)cc4)c3CC[C@@H]2[C@@H](C)C1=O. The van der Waals surface area contributed by atoms with Gasteiger partial charge in [0.25, 0.3) is 0 Å². The highest BCUT2D eigenvalue weighted by atomic mass is 35.5. The van der Waals surface area contributed by atoms with Gasteiger partial charge < -0.3 is 9.36 Å². The summed E-state index contributed by atoms with van der Waals surface area (Å²) in [5, 5.41) is 0.721. The number of carbonyl (C=O) groups excluding carboxylic acids is 1. The van der Waals surface area contributed by atoms with Crippen molar-refractivity contribution in [1.29, 1.82) is 0 Å². The molecule has 0 unspecified atom stereocenters. The average molecular weight is 484 g/mol. The van der Waals surface area contributed by atoms with Gasteiger partial charge in [0, 0.05) is 34.2 Å². The highest BCUT2D eigenvalue weighted by Gasteiger charge is 2.50. The van der Waals surface area contributed by atoms with E-state index in [1.807, 2.05) is 25.1 Å². The fourth-order valence-electron chi connectivity index (χ4n) is 5.92. The molecule has 178 valence electrons. The summed E-state index contributed by atoms with van der Waals surface area (Å²) in [7, 11) is 0. The summed E-state index contributed by atoms with van der Waals surface area (Å²) >= 11 is 6.15. The molecule has 5 heteroatoms. The van der Waals surface area contributed by atoms with Gasteiger partial charge in [0.15, 0.2) is 5.78 Å². The third-order valence-electron chi connectivity index (χ3n) is 7.96. The van der Waals surface area contributed by atoms with Crippen LogP contribution in [0.15, 0.2) is 60.3 Å². The molecule has 3 aromatic rings. The van der Waals surface area contributed by atoms with Gasteiger partial charge >= 0.3 is 0 Å². The van der Waals surface area contributed by atoms with Gasteiger partial charge in [0.2, 0.25) is 5.70 Å². The second-order valence-electron chi connectivity index (χ2n) is 10.4. The number of halogens is 1. The molecule has 35 heavy (non-hydrogen) atoms.